The molecule has 1 aromatic rings. The second-order valence-corrected chi connectivity index (χ2v) is 6.09. The number of amides is 1. The van der Waals surface area contributed by atoms with Crippen molar-refractivity contribution in [1.29, 1.82) is 0 Å². The number of aliphatic carboxylic acids is 1. The molecule has 2 rings (SSSR count). The number of halogens is 2. The fraction of sp³-hybridized carbons (Fsp3) is 0.500. The van der Waals surface area contributed by atoms with E-state index < -0.39 is 23.0 Å². The maximum atomic E-state index is 13.6. The molecule has 1 N–H and O–H groups in total. The van der Waals surface area contributed by atoms with Crippen molar-refractivity contribution in [3.8, 4) is 0 Å². The number of carbonyl (C=O) groups excluding carboxylic acids is 1. The third-order valence-electron chi connectivity index (χ3n) is 4.53. The Labute approximate surface area is 127 Å². The summed E-state index contributed by atoms with van der Waals surface area (Å²) in [4.78, 5) is 25.2. The third-order valence-corrected chi connectivity index (χ3v) is 4.53. The molecule has 1 atom stereocenters. The number of hydrogen-bond donors (Lipinski definition) is 1. The van der Waals surface area contributed by atoms with Gasteiger partial charge in [-0.1, -0.05) is 13.8 Å². The summed E-state index contributed by atoms with van der Waals surface area (Å²) >= 11 is 0. The fourth-order valence-corrected chi connectivity index (χ4v) is 2.89. The molecule has 22 heavy (non-hydrogen) atoms. The number of carboxylic acids is 1. The van der Waals surface area contributed by atoms with E-state index in [-0.39, 0.29) is 30.4 Å². The number of carbonyl (C=O) groups is 2. The highest BCUT2D eigenvalue weighted by atomic mass is 19.1. The summed E-state index contributed by atoms with van der Waals surface area (Å²) in [6, 6.07) is 2.97. The van der Waals surface area contributed by atoms with Crippen LogP contribution in [0.5, 0.6) is 0 Å². The van der Waals surface area contributed by atoms with Crippen molar-refractivity contribution in [2.45, 2.75) is 26.7 Å². The molecule has 1 aliphatic heterocycles. The Balaban J connectivity index is 2.12. The average Bonchev–Trinajstić information content (AvgIpc) is 2.89. The van der Waals surface area contributed by atoms with Crippen LogP contribution in [0.2, 0.25) is 0 Å². The SMILES string of the molecule is CC(C)C1(C(=O)O)CCN(C(=O)Cc2cc(F)ccc2F)C1. The van der Waals surface area contributed by atoms with Gasteiger partial charge in [0.1, 0.15) is 11.6 Å². The van der Waals surface area contributed by atoms with E-state index in [1.807, 2.05) is 13.8 Å². The minimum Gasteiger partial charge on any atom is -0.481 e. The van der Waals surface area contributed by atoms with Gasteiger partial charge in [0.05, 0.1) is 11.8 Å². The Hall–Kier alpha value is -1.98. The lowest BCUT2D eigenvalue weighted by atomic mass is 9.76. The normalized spacial score (nSPS) is 21.4. The first-order chi connectivity index (χ1) is 10.3. The predicted molar refractivity (Wildman–Crippen MR) is 76.2 cm³/mol. The van der Waals surface area contributed by atoms with E-state index in [2.05, 4.69) is 0 Å². The molecule has 1 fully saturated rings. The zero-order valence-electron chi connectivity index (χ0n) is 12.6. The topological polar surface area (TPSA) is 57.6 Å². The fourth-order valence-electron chi connectivity index (χ4n) is 2.89. The zero-order valence-corrected chi connectivity index (χ0v) is 12.6. The number of hydrogen-bond acceptors (Lipinski definition) is 2. The van der Waals surface area contributed by atoms with Crippen LogP contribution in [0.1, 0.15) is 25.8 Å². The van der Waals surface area contributed by atoms with Crippen LogP contribution in [-0.2, 0) is 16.0 Å². The lowest BCUT2D eigenvalue weighted by Crippen LogP contribution is -2.41. The van der Waals surface area contributed by atoms with Gasteiger partial charge in [0.15, 0.2) is 0 Å². The van der Waals surface area contributed by atoms with Crippen molar-refractivity contribution in [3.63, 3.8) is 0 Å². The van der Waals surface area contributed by atoms with Crippen LogP contribution in [0.4, 0.5) is 8.78 Å². The minimum absolute atomic E-state index is 0.0117. The molecule has 0 saturated carbocycles. The first-order valence-electron chi connectivity index (χ1n) is 7.21. The van der Waals surface area contributed by atoms with Crippen molar-refractivity contribution in [1.82, 2.24) is 4.90 Å². The van der Waals surface area contributed by atoms with Gasteiger partial charge in [0, 0.05) is 18.7 Å². The first kappa shape index (κ1) is 16.4. The van der Waals surface area contributed by atoms with Crippen molar-refractivity contribution in [2.75, 3.05) is 13.1 Å². The number of rotatable bonds is 4. The lowest BCUT2D eigenvalue weighted by molar-refractivity contribution is -0.151. The molecule has 0 aliphatic carbocycles. The summed E-state index contributed by atoms with van der Waals surface area (Å²) in [6.45, 7) is 4.05. The van der Waals surface area contributed by atoms with Crippen molar-refractivity contribution < 1.29 is 23.5 Å². The van der Waals surface area contributed by atoms with Crippen LogP contribution in [0.25, 0.3) is 0 Å². The van der Waals surface area contributed by atoms with Gasteiger partial charge in [0.25, 0.3) is 0 Å². The van der Waals surface area contributed by atoms with E-state index in [9.17, 15) is 23.5 Å². The zero-order chi connectivity index (χ0) is 16.5. The van der Waals surface area contributed by atoms with E-state index in [0.29, 0.717) is 13.0 Å². The van der Waals surface area contributed by atoms with Gasteiger partial charge in [-0.05, 0) is 30.5 Å². The number of carboxylic acid groups (broad SMARTS) is 1. The summed E-state index contributed by atoms with van der Waals surface area (Å²) in [7, 11) is 0. The van der Waals surface area contributed by atoms with Crippen LogP contribution in [0.3, 0.4) is 0 Å². The lowest BCUT2D eigenvalue weighted by Gasteiger charge is -2.28. The number of benzene rings is 1. The Kier molecular flexibility index (Phi) is 4.49. The smallest absolute Gasteiger partial charge is 0.311 e. The van der Waals surface area contributed by atoms with Gasteiger partial charge in [-0.15, -0.1) is 0 Å². The maximum absolute atomic E-state index is 13.6. The Morgan fingerprint density at radius 3 is 2.59 bits per heavy atom. The van der Waals surface area contributed by atoms with Crippen LogP contribution in [-0.4, -0.2) is 35.0 Å². The largest absolute Gasteiger partial charge is 0.481 e. The van der Waals surface area contributed by atoms with E-state index in [1.54, 1.807) is 0 Å². The molecule has 0 spiro atoms. The third kappa shape index (κ3) is 2.96. The molecule has 4 nitrogen and oxygen atoms in total. The number of likely N-dealkylation sites (tertiary alicyclic amines) is 1. The molecular formula is C16H19F2NO3. The molecule has 120 valence electrons. The molecule has 0 bridgehead atoms. The van der Waals surface area contributed by atoms with Gasteiger partial charge in [-0.25, -0.2) is 8.78 Å². The van der Waals surface area contributed by atoms with E-state index >= 15 is 0 Å². The van der Waals surface area contributed by atoms with Crippen LogP contribution in [0, 0.1) is 23.0 Å². The van der Waals surface area contributed by atoms with E-state index in [1.165, 1.54) is 4.90 Å². The second-order valence-electron chi connectivity index (χ2n) is 6.09. The first-order valence-corrected chi connectivity index (χ1v) is 7.21. The van der Waals surface area contributed by atoms with Crippen LogP contribution in [0.15, 0.2) is 18.2 Å². The summed E-state index contributed by atoms with van der Waals surface area (Å²) in [5, 5.41) is 9.46. The van der Waals surface area contributed by atoms with Crippen LogP contribution < -0.4 is 0 Å². The molecule has 1 amide bonds. The summed E-state index contributed by atoms with van der Waals surface area (Å²) in [5.74, 6) is -2.66. The number of nitrogens with zero attached hydrogens (tertiary/aromatic N) is 1. The van der Waals surface area contributed by atoms with E-state index in [0.717, 1.165) is 18.2 Å². The molecule has 1 aromatic carbocycles. The summed E-state index contributed by atoms with van der Waals surface area (Å²) in [6.07, 6.45) is 0.106. The highest BCUT2D eigenvalue weighted by molar-refractivity contribution is 5.82. The highest BCUT2D eigenvalue weighted by Crippen LogP contribution is 2.38. The Bertz CT molecular complexity index is 603. The predicted octanol–water partition coefficient (Wildman–Crippen LogP) is 2.47. The monoisotopic (exact) mass is 311 g/mol. The molecule has 6 heteroatoms. The van der Waals surface area contributed by atoms with Crippen molar-refractivity contribution in [2.24, 2.45) is 11.3 Å². The average molecular weight is 311 g/mol. The van der Waals surface area contributed by atoms with E-state index in [4.69, 9.17) is 0 Å². The van der Waals surface area contributed by atoms with Gasteiger partial charge >= 0.3 is 5.97 Å². The molecule has 1 heterocycles. The second kappa shape index (κ2) is 6.02. The van der Waals surface area contributed by atoms with Gasteiger partial charge < -0.3 is 10.0 Å². The van der Waals surface area contributed by atoms with Crippen molar-refractivity contribution >= 4 is 11.9 Å². The molecular weight excluding hydrogens is 292 g/mol. The Morgan fingerprint density at radius 1 is 1.36 bits per heavy atom. The molecule has 0 aromatic heterocycles. The van der Waals surface area contributed by atoms with Gasteiger partial charge in [0.2, 0.25) is 5.91 Å². The van der Waals surface area contributed by atoms with Gasteiger partial charge in [-0.3, -0.25) is 9.59 Å². The van der Waals surface area contributed by atoms with Gasteiger partial charge in [-0.2, -0.15) is 0 Å². The Morgan fingerprint density at radius 2 is 2.05 bits per heavy atom. The highest BCUT2D eigenvalue weighted by Gasteiger charge is 2.48. The molecule has 0 radical (unpaired) electrons. The molecule has 1 aliphatic rings. The standard InChI is InChI=1S/C16H19F2NO3/c1-10(2)16(15(21)22)5-6-19(9-16)14(20)8-11-7-12(17)3-4-13(11)18/h3-4,7,10H,5-6,8-9H2,1-2H3,(H,21,22). The summed E-state index contributed by atoms with van der Waals surface area (Å²) < 4.78 is 26.7. The molecule has 1 unspecified atom stereocenters. The summed E-state index contributed by atoms with van der Waals surface area (Å²) in [5.41, 5.74) is -0.974. The maximum Gasteiger partial charge on any atom is 0.311 e. The minimum atomic E-state index is -0.962. The van der Waals surface area contributed by atoms with Crippen molar-refractivity contribution in [3.05, 3.63) is 35.4 Å². The van der Waals surface area contributed by atoms with Crippen LogP contribution >= 0.6 is 0 Å². The quantitative estimate of drug-likeness (QED) is 0.929. The molecule has 1 saturated heterocycles.